The van der Waals surface area contributed by atoms with Gasteiger partial charge in [0, 0.05) is 29.5 Å². The molecule has 0 saturated heterocycles. The normalized spacial score (nSPS) is 10.7. The third-order valence-electron chi connectivity index (χ3n) is 2.90. The van der Waals surface area contributed by atoms with Crippen LogP contribution in [0.2, 0.25) is 5.02 Å². The molecule has 108 valence electrons. The van der Waals surface area contributed by atoms with E-state index in [2.05, 4.69) is 17.3 Å². The van der Waals surface area contributed by atoms with E-state index in [0.29, 0.717) is 6.61 Å². The zero-order chi connectivity index (χ0) is 14.2. The molecule has 0 unspecified atom stereocenters. The van der Waals surface area contributed by atoms with E-state index in [9.17, 15) is 0 Å². The Morgan fingerprint density at radius 2 is 2.30 bits per heavy atom. The summed E-state index contributed by atoms with van der Waals surface area (Å²) in [5.74, 6) is 0.880. The van der Waals surface area contributed by atoms with Crippen LogP contribution < -0.4 is 10.1 Å². The Labute approximate surface area is 124 Å². The van der Waals surface area contributed by atoms with Crippen molar-refractivity contribution in [2.45, 2.75) is 26.4 Å². The second-order valence-corrected chi connectivity index (χ2v) is 4.98. The molecule has 1 aromatic carbocycles. The molecule has 0 bridgehead atoms. The molecule has 0 aliphatic heterocycles. The summed E-state index contributed by atoms with van der Waals surface area (Å²) in [7, 11) is 0. The van der Waals surface area contributed by atoms with Crippen LogP contribution in [0.15, 0.2) is 36.7 Å². The fourth-order valence-corrected chi connectivity index (χ4v) is 2.10. The Morgan fingerprint density at radius 3 is 3.05 bits per heavy atom. The largest absolute Gasteiger partial charge is 0.491 e. The van der Waals surface area contributed by atoms with Crippen molar-refractivity contribution in [1.29, 1.82) is 0 Å². The number of ether oxygens (including phenoxy) is 1. The summed E-state index contributed by atoms with van der Waals surface area (Å²) < 4.78 is 7.69. The monoisotopic (exact) mass is 293 g/mol. The average molecular weight is 294 g/mol. The van der Waals surface area contributed by atoms with Gasteiger partial charge in [0.1, 0.15) is 12.4 Å². The molecule has 0 fully saturated rings. The van der Waals surface area contributed by atoms with Crippen molar-refractivity contribution in [3.05, 3.63) is 47.2 Å². The first-order valence-corrected chi connectivity index (χ1v) is 7.26. The maximum Gasteiger partial charge on any atom is 0.123 e. The van der Waals surface area contributed by atoms with Crippen LogP contribution in [0.5, 0.6) is 5.75 Å². The maximum absolute atomic E-state index is 6.05. The molecule has 2 aromatic rings. The van der Waals surface area contributed by atoms with Crippen LogP contribution in [-0.4, -0.2) is 22.9 Å². The predicted molar refractivity (Wildman–Crippen MR) is 81.2 cm³/mol. The van der Waals surface area contributed by atoms with Crippen LogP contribution in [-0.2, 0) is 13.1 Å². The summed E-state index contributed by atoms with van der Waals surface area (Å²) in [5.41, 5.74) is 1.09. The lowest BCUT2D eigenvalue weighted by atomic mass is 10.2. The summed E-state index contributed by atoms with van der Waals surface area (Å²) in [6.07, 6.45) is 4.80. The molecule has 0 radical (unpaired) electrons. The number of hydrogen-bond acceptors (Lipinski definition) is 3. The first-order valence-electron chi connectivity index (χ1n) is 6.89. The minimum absolute atomic E-state index is 0.587. The van der Waals surface area contributed by atoms with Gasteiger partial charge in [0.2, 0.25) is 0 Å². The number of aromatic nitrogens is 2. The lowest BCUT2D eigenvalue weighted by Gasteiger charge is -2.12. The molecule has 1 aromatic heterocycles. The quantitative estimate of drug-likeness (QED) is 0.760. The Bertz CT molecular complexity index is 514. The second kappa shape index (κ2) is 7.92. The highest BCUT2D eigenvalue weighted by Gasteiger charge is 2.05. The van der Waals surface area contributed by atoms with Crippen molar-refractivity contribution >= 4 is 11.6 Å². The molecule has 0 saturated carbocycles. The predicted octanol–water partition coefficient (Wildman–Crippen LogP) is 3.12. The lowest BCUT2D eigenvalue weighted by Crippen LogP contribution is -2.15. The van der Waals surface area contributed by atoms with Crippen molar-refractivity contribution in [2.24, 2.45) is 0 Å². The van der Waals surface area contributed by atoms with E-state index < -0.39 is 0 Å². The third-order valence-corrected chi connectivity index (χ3v) is 3.14. The van der Waals surface area contributed by atoms with E-state index in [-0.39, 0.29) is 0 Å². The molecule has 2 rings (SSSR count). The zero-order valence-corrected chi connectivity index (χ0v) is 12.4. The van der Waals surface area contributed by atoms with E-state index in [4.69, 9.17) is 16.3 Å². The molecule has 0 spiro atoms. The lowest BCUT2D eigenvalue weighted by molar-refractivity contribution is 0.288. The van der Waals surface area contributed by atoms with Crippen molar-refractivity contribution in [3.63, 3.8) is 0 Å². The fourth-order valence-electron chi connectivity index (χ4n) is 1.91. The van der Waals surface area contributed by atoms with Crippen molar-refractivity contribution in [2.75, 3.05) is 13.2 Å². The van der Waals surface area contributed by atoms with Crippen molar-refractivity contribution < 1.29 is 4.74 Å². The van der Waals surface area contributed by atoms with Crippen molar-refractivity contribution in [1.82, 2.24) is 15.1 Å². The Morgan fingerprint density at radius 1 is 1.40 bits per heavy atom. The molecule has 20 heavy (non-hydrogen) atoms. The van der Waals surface area contributed by atoms with E-state index in [1.807, 2.05) is 35.1 Å². The van der Waals surface area contributed by atoms with Gasteiger partial charge >= 0.3 is 0 Å². The van der Waals surface area contributed by atoms with Crippen LogP contribution in [0.25, 0.3) is 0 Å². The summed E-state index contributed by atoms with van der Waals surface area (Å²) in [4.78, 5) is 0. The van der Waals surface area contributed by atoms with Gasteiger partial charge < -0.3 is 10.1 Å². The molecule has 0 amide bonds. The number of halogens is 1. The molecular weight excluding hydrogens is 274 g/mol. The number of nitrogens with one attached hydrogen (secondary N) is 1. The highest BCUT2D eigenvalue weighted by molar-refractivity contribution is 6.30. The third kappa shape index (κ3) is 4.54. The molecule has 1 heterocycles. The Kier molecular flexibility index (Phi) is 5.89. The van der Waals surface area contributed by atoms with Crippen LogP contribution in [0.3, 0.4) is 0 Å². The maximum atomic E-state index is 6.05. The fraction of sp³-hybridized carbons (Fsp3) is 0.400. The number of benzene rings is 1. The summed E-state index contributed by atoms with van der Waals surface area (Å²) in [6.45, 7) is 5.22. The van der Waals surface area contributed by atoms with E-state index in [1.54, 1.807) is 6.20 Å². The van der Waals surface area contributed by atoms with Gasteiger partial charge in [-0.15, -0.1) is 0 Å². The number of nitrogens with zero attached hydrogens (tertiary/aromatic N) is 2. The van der Waals surface area contributed by atoms with Crippen LogP contribution in [0.1, 0.15) is 18.9 Å². The van der Waals surface area contributed by atoms with Crippen molar-refractivity contribution in [3.8, 4) is 5.75 Å². The molecular formula is C15H20ClN3O. The smallest absolute Gasteiger partial charge is 0.123 e. The highest BCUT2D eigenvalue weighted by Crippen LogP contribution is 2.22. The number of rotatable bonds is 8. The summed E-state index contributed by atoms with van der Waals surface area (Å²) >= 11 is 6.05. The molecule has 0 aliphatic rings. The Hall–Kier alpha value is -1.52. The molecule has 0 aliphatic carbocycles. The number of hydrogen-bond donors (Lipinski definition) is 1. The SMILES string of the molecule is CCCNCc1cc(Cl)ccc1OCCn1cccn1. The molecule has 0 atom stereocenters. The van der Waals surface area contributed by atoms with Gasteiger partial charge in [0.15, 0.2) is 0 Å². The second-order valence-electron chi connectivity index (χ2n) is 4.55. The summed E-state index contributed by atoms with van der Waals surface area (Å²) in [5, 5.41) is 8.25. The van der Waals surface area contributed by atoms with E-state index in [1.165, 1.54) is 0 Å². The summed E-state index contributed by atoms with van der Waals surface area (Å²) in [6, 6.07) is 7.64. The van der Waals surface area contributed by atoms with Gasteiger partial charge in [0.05, 0.1) is 6.54 Å². The van der Waals surface area contributed by atoms with E-state index >= 15 is 0 Å². The van der Waals surface area contributed by atoms with Crippen LogP contribution in [0, 0.1) is 0 Å². The molecule has 5 heteroatoms. The molecule has 1 N–H and O–H groups in total. The van der Waals surface area contributed by atoms with Gasteiger partial charge in [-0.05, 0) is 37.2 Å². The van der Waals surface area contributed by atoms with Gasteiger partial charge in [-0.3, -0.25) is 4.68 Å². The van der Waals surface area contributed by atoms with Gasteiger partial charge in [-0.25, -0.2) is 0 Å². The van der Waals surface area contributed by atoms with Gasteiger partial charge in [-0.1, -0.05) is 18.5 Å². The topological polar surface area (TPSA) is 39.1 Å². The Balaban J connectivity index is 1.91. The zero-order valence-electron chi connectivity index (χ0n) is 11.7. The van der Waals surface area contributed by atoms with Gasteiger partial charge in [0.25, 0.3) is 0 Å². The first-order chi connectivity index (χ1) is 9.79. The molecule has 4 nitrogen and oxygen atoms in total. The standard InChI is InChI=1S/C15H20ClN3O/c1-2-6-17-12-13-11-14(16)4-5-15(13)20-10-9-19-8-3-7-18-19/h3-5,7-8,11,17H,2,6,9-10,12H2,1H3. The average Bonchev–Trinajstić information content (AvgIpc) is 2.95. The van der Waals surface area contributed by atoms with Gasteiger partial charge in [-0.2, -0.15) is 5.10 Å². The van der Waals surface area contributed by atoms with Crippen LogP contribution >= 0.6 is 11.6 Å². The van der Waals surface area contributed by atoms with Crippen LogP contribution in [0.4, 0.5) is 0 Å². The minimum Gasteiger partial charge on any atom is -0.491 e. The highest BCUT2D eigenvalue weighted by atomic mass is 35.5. The minimum atomic E-state index is 0.587. The first kappa shape index (κ1) is 14.9. The van der Waals surface area contributed by atoms with E-state index in [0.717, 1.165) is 42.4 Å².